The number of methoxy groups -OCH3 is 1. The molecule has 1 aromatic heterocycles. The van der Waals surface area contributed by atoms with Crippen LogP contribution in [0.1, 0.15) is 22.0 Å². The fourth-order valence-corrected chi connectivity index (χ4v) is 4.26. The Morgan fingerprint density at radius 2 is 1.96 bits per heavy atom. The number of ether oxygens (including phenoxy) is 2. The third-order valence-corrected chi connectivity index (χ3v) is 5.88. The molecule has 0 spiro atoms. The predicted molar refractivity (Wildman–Crippen MR) is 115 cm³/mol. The van der Waals surface area contributed by atoms with E-state index < -0.39 is 0 Å². The molecule has 1 unspecified atom stereocenters. The summed E-state index contributed by atoms with van der Waals surface area (Å²) in [4.78, 5) is 8.26. The van der Waals surface area contributed by atoms with Gasteiger partial charge in [-0.2, -0.15) is 0 Å². The van der Waals surface area contributed by atoms with E-state index in [2.05, 4.69) is 56.2 Å². The Kier molecular flexibility index (Phi) is 8.29. The van der Waals surface area contributed by atoms with Crippen molar-refractivity contribution in [3.05, 3.63) is 57.8 Å². The zero-order valence-electron chi connectivity index (χ0n) is 16.7. The van der Waals surface area contributed by atoms with E-state index in [1.54, 1.807) is 18.4 Å². The molecule has 28 heavy (non-hydrogen) atoms. The van der Waals surface area contributed by atoms with E-state index in [0.29, 0.717) is 19.2 Å². The molecule has 6 nitrogen and oxygen atoms in total. The molecule has 1 aliphatic rings. The maximum Gasteiger partial charge on any atom is 0.191 e. The van der Waals surface area contributed by atoms with E-state index in [4.69, 9.17) is 9.47 Å². The van der Waals surface area contributed by atoms with Crippen molar-refractivity contribution in [3.8, 4) is 0 Å². The molecule has 152 valence electrons. The summed E-state index contributed by atoms with van der Waals surface area (Å²) in [5.74, 6) is 0.807. The Morgan fingerprint density at radius 3 is 2.64 bits per heavy atom. The highest BCUT2D eigenvalue weighted by atomic mass is 32.1. The number of hydrogen-bond donors (Lipinski definition) is 2. The zero-order chi connectivity index (χ0) is 19.6. The highest BCUT2D eigenvalue weighted by molar-refractivity contribution is 7.10. The van der Waals surface area contributed by atoms with Crippen LogP contribution in [0.25, 0.3) is 0 Å². The van der Waals surface area contributed by atoms with Crippen molar-refractivity contribution in [2.45, 2.75) is 19.2 Å². The van der Waals surface area contributed by atoms with Crippen LogP contribution in [-0.4, -0.2) is 57.9 Å². The Morgan fingerprint density at radius 1 is 1.18 bits per heavy atom. The van der Waals surface area contributed by atoms with Gasteiger partial charge in [-0.15, -0.1) is 11.3 Å². The lowest BCUT2D eigenvalue weighted by Gasteiger charge is -2.34. The van der Waals surface area contributed by atoms with Crippen LogP contribution >= 0.6 is 11.3 Å². The van der Waals surface area contributed by atoms with E-state index in [9.17, 15) is 0 Å². The third-order valence-electron chi connectivity index (χ3n) is 4.91. The lowest BCUT2D eigenvalue weighted by molar-refractivity contribution is 0.0177. The van der Waals surface area contributed by atoms with Gasteiger partial charge in [-0.3, -0.25) is 9.89 Å². The monoisotopic (exact) mass is 402 g/mol. The summed E-state index contributed by atoms with van der Waals surface area (Å²) in [7, 11) is 3.53. The first-order chi connectivity index (χ1) is 13.8. The minimum absolute atomic E-state index is 0.322. The molecule has 0 aliphatic carbocycles. The Bertz CT molecular complexity index is 730. The van der Waals surface area contributed by atoms with Crippen LogP contribution in [0.15, 0.2) is 46.8 Å². The fraction of sp³-hybridized carbons (Fsp3) is 0.476. The van der Waals surface area contributed by atoms with Gasteiger partial charge in [0, 0.05) is 45.2 Å². The molecule has 0 bridgehead atoms. The Hall–Kier alpha value is -1.93. The van der Waals surface area contributed by atoms with Gasteiger partial charge in [-0.1, -0.05) is 30.3 Å². The van der Waals surface area contributed by atoms with E-state index >= 15 is 0 Å². The summed E-state index contributed by atoms with van der Waals surface area (Å²) < 4.78 is 10.8. The predicted octanol–water partition coefficient (Wildman–Crippen LogP) is 2.63. The van der Waals surface area contributed by atoms with Crippen molar-refractivity contribution in [1.29, 1.82) is 0 Å². The first-order valence-electron chi connectivity index (χ1n) is 9.67. The highest BCUT2D eigenvalue weighted by Gasteiger charge is 2.23. The van der Waals surface area contributed by atoms with Gasteiger partial charge in [0.2, 0.25) is 0 Å². The number of rotatable bonds is 8. The number of nitrogens with zero attached hydrogens (tertiary/aromatic N) is 2. The maximum atomic E-state index is 5.53. The van der Waals surface area contributed by atoms with Crippen LogP contribution in [0.2, 0.25) is 0 Å². The third kappa shape index (κ3) is 5.78. The second-order valence-corrected chi connectivity index (χ2v) is 7.67. The summed E-state index contributed by atoms with van der Waals surface area (Å²) in [6.45, 7) is 5.64. The molecule has 1 saturated heterocycles. The molecule has 2 N–H and O–H groups in total. The number of morpholine rings is 1. The molecule has 1 aliphatic heterocycles. The number of benzene rings is 1. The topological polar surface area (TPSA) is 58.1 Å². The summed E-state index contributed by atoms with van der Waals surface area (Å²) in [5.41, 5.74) is 2.41. The van der Waals surface area contributed by atoms with Crippen LogP contribution in [0, 0.1) is 0 Å². The average Bonchev–Trinajstić information content (AvgIpc) is 3.27. The van der Waals surface area contributed by atoms with Gasteiger partial charge in [0.05, 0.1) is 25.9 Å². The highest BCUT2D eigenvalue weighted by Crippen LogP contribution is 2.25. The lowest BCUT2D eigenvalue weighted by atomic mass is 10.1. The number of guanidine groups is 1. The van der Waals surface area contributed by atoms with Crippen LogP contribution in [0.5, 0.6) is 0 Å². The smallest absolute Gasteiger partial charge is 0.191 e. The zero-order valence-corrected chi connectivity index (χ0v) is 17.5. The number of aliphatic imine (C=N–C) groups is 1. The van der Waals surface area contributed by atoms with Crippen molar-refractivity contribution >= 4 is 17.3 Å². The molecule has 1 fully saturated rings. The molecular formula is C21H30N4O2S. The number of hydrogen-bond acceptors (Lipinski definition) is 5. The second-order valence-electron chi connectivity index (χ2n) is 6.69. The molecule has 7 heteroatoms. The molecule has 3 rings (SSSR count). The summed E-state index contributed by atoms with van der Waals surface area (Å²) in [6.07, 6.45) is 0. The van der Waals surface area contributed by atoms with Crippen molar-refractivity contribution in [2.24, 2.45) is 4.99 Å². The molecule has 2 heterocycles. The van der Waals surface area contributed by atoms with Crippen LogP contribution < -0.4 is 10.6 Å². The van der Waals surface area contributed by atoms with Gasteiger partial charge in [0.15, 0.2) is 5.96 Å². The van der Waals surface area contributed by atoms with Crippen LogP contribution in [-0.2, 0) is 22.6 Å². The summed E-state index contributed by atoms with van der Waals surface area (Å²) in [5, 5.41) is 9.08. The lowest BCUT2D eigenvalue weighted by Crippen LogP contribution is -2.46. The quantitative estimate of drug-likeness (QED) is 0.525. The van der Waals surface area contributed by atoms with Gasteiger partial charge < -0.3 is 20.1 Å². The Labute approximate surface area is 171 Å². The van der Waals surface area contributed by atoms with Gasteiger partial charge in [-0.25, -0.2) is 0 Å². The van der Waals surface area contributed by atoms with Gasteiger partial charge in [-0.05, 0) is 22.6 Å². The summed E-state index contributed by atoms with van der Waals surface area (Å²) >= 11 is 1.80. The minimum atomic E-state index is 0.322. The minimum Gasteiger partial charge on any atom is -0.380 e. The molecule has 0 amide bonds. The SMILES string of the molecule is CN=C(NCc1ccccc1COC)NCC(c1cccs1)N1CCOCC1. The molecular weight excluding hydrogens is 372 g/mol. The second kappa shape index (κ2) is 11.2. The van der Waals surface area contributed by atoms with Crippen LogP contribution in [0.4, 0.5) is 0 Å². The van der Waals surface area contributed by atoms with Crippen molar-refractivity contribution in [1.82, 2.24) is 15.5 Å². The molecule has 2 aromatic rings. The average molecular weight is 403 g/mol. The molecule has 0 radical (unpaired) electrons. The maximum absolute atomic E-state index is 5.53. The standard InChI is InChI=1S/C21H30N4O2S/c1-22-21(23-14-17-6-3-4-7-18(17)16-26-2)24-15-19(20-8-5-13-28-20)25-9-11-27-12-10-25/h3-8,13,19H,9-12,14-16H2,1-2H3,(H2,22,23,24). The Balaban J connectivity index is 1.59. The first kappa shape index (κ1) is 20.8. The van der Waals surface area contributed by atoms with E-state index in [-0.39, 0.29) is 0 Å². The van der Waals surface area contributed by atoms with Crippen molar-refractivity contribution in [3.63, 3.8) is 0 Å². The van der Waals surface area contributed by atoms with E-state index in [1.165, 1.54) is 16.0 Å². The molecule has 1 aromatic carbocycles. The fourth-order valence-electron chi connectivity index (χ4n) is 3.40. The molecule has 0 saturated carbocycles. The van der Waals surface area contributed by atoms with E-state index in [1.807, 2.05) is 13.1 Å². The van der Waals surface area contributed by atoms with Crippen molar-refractivity contribution in [2.75, 3.05) is 47.0 Å². The van der Waals surface area contributed by atoms with E-state index in [0.717, 1.165) is 38.8 Å². The van der Waals surface area contributed by atoms with Gasteiger partial charge in [0.1, 0.15) is 0 Å². The first-order valence-corrected chi connectivity index (χ1v) is 10.5. The van der Waals surface area contributed by atoms with Crippen molar-refractivity contribution < 1.29 is 9.47 Å². The van der Waals surface area contributed by atoms with Crippen LogP contribution in [0.3, 0.4) is 0 Å². The number of nitrogens with one attached hydrogen (secondary N) is 2. The summed E-state index contributed by atoms with van der Waals surface area (Å²) in [6, 6.07) is 13.0. The van der Waals surface area contributed by atoms with Gasteiger partial charge >= 0.3 is 0 Å². The molecule has 1 atom stereocenters. The van der Waals surface area contributed by atoms with Gasteiger partial charge in [0.25, 0.3) is 0 Å². The normalized spacial score (nSPS) is 16.7. The number of thiophene rings is 1. The largest absolute Gasteiger partial charge is 0.380 e.